The highest BCUT2D eigenvalue weighted by atomic mass is 14.3. The van der Waals surface area contributed by atoms with Crippen molar-refractivity contribution in [1.29, 1.82) is 0 Å². The van der Waals surface area contributed by atoms with E-state index in [0.29, 0.717) is 0 Å². The van der Waals surface area contributed by atoms with Crippen LogP contribution in [0.3, 0.4) is 0 Å². The largest absolute Gasteiger partial charge is 0.0683 e. The van der Waals surface area contributed by atoms with Crippen LogP contribution >= 0.6 is 0 Å². The van der Waals surface area contributed by atoms with Crippen LogP contribution in [0.15, 0.2) is 0 Å². The zero-order valence-electron chi connectivity index (χ0n) is 8.69. The van der Waals surface area contributed by atoms with Crippen LogP contribution in [0.1, 0.15) is 59.8 Å². The second-order valence-electron chi connectivity index (χ2n) is 3.60. The molecule has 0 saturated heterocycles. The highest BCUT2D eigenvalue weighted by Gasteiger charge is 2.26. The van der Waals surface area contributed by atoms with Gasteiger partial charge in [-0.05, 0) is 18.3 Å². The maximum Gasteiger partial charge on any atom is -0.0414 e. The van der Waals surface area contributed by atoms with Gasteiger partial charge in [0.25, 0.3) is 0 Å². The summed E-state index contributed by atoms with van der Waals surface area (Å²) in [6.45, 7) is 8.59. The first-order chi connectivity index (χ1) is 5.30. The van der Waals surface area contributed by atoms with Gasteiger partial charge in [0.2, 0.25) is 0 Å². The molecule has 0 nitrogen and oxygen atoms in total. The zero-order valence-corrected chi connectivity index (χ0v) is 8.69. The Bertz CT molecular complexity index is 62.1. The topological polar surface area (TPSA) is 0 Å². The lowest BCUT2D eigenvalue weighted by Gasteiger charge is -2.05. The lowest BCUT2D eigenvalue weighted by atomic mass is 10.0. The lowest BCUT2D eigenvalue weighted by Crippen LogP contribution is -1.85. The molecule has 0 bridgehead atoms. The fraction of sp³-hybridized carbons (Fsp3) is 1.00. The van der Waals surface area contributed by atoms with Gasteiger partial charge in [0.1, 0.15) is 0 Å². The fourth-order valence-corrected chi connectivity index (χ4v) is 0.758. The van der Waals surface area contributed by atoms with Gasteiger partial charge >= 0.3 is 0 Å². The average molecular weight is 156 g/mol. The monoisotopic (exact) mass is 156 g/mol. The van der Waals surface area contributed by atoms with Gasteiger partial charge in [0.15, 0.2) is 0 Å². The van der Waals surface area contributed by atoms with E-state index >= 15 is 0 Å². The van der Waals surface area contributed by atoms with Gasteiger partial charge in [-0.3, -0.25) is 0 Å². The number of hydrogen-bond donors (Lipinski definition) is 0. The Kier molecular flexibility index (Phi) is 6.69. The molecule has 0 aromatic heterocycles. The van der Waals surface area contributed by atoms with E-state index in [1.54, 1.807) is 0 Å². The molecule has 2 atom stereocenters. The van der Waals surface area contributed by atoms with Gasteiger partial charge in [-0.25, -0.2) is 0 Å². The summed E-state index contributed by atoms with van der Waals surface area (Å²) in [6.07, 6.45) is 7.47. The number of rotatable bonds is 0. The Morgan fingerprint density at radius 2 is 0.909 bits per heavy atom. The molecular weight excluding hydrogens is 132 g/mol. The third-order valence-electron chi connectivity index (χ3n) is 2.51. The molecule has 2 fully saturated rings. The van der Waals surface area contributed by atoms with Crippen LogP contribution < -0.4 is 0 Å². The van der Waals surface area contributed by atoms with E-state index in [4.69, 9.17) is 0 Å². The molecule has 2 unspecified atom stereocenters. The van der Waals surface area contributed by atoms with E-state index in [-0.39, 0.29) is 0 Å². The van der Waals surface area contributed by atoms with E-state index < -0.39 is 0 Å². The second kappa shape index (κ2) is 6.69. The van der Waals surface area contributed by atoms with E-state index in [2.05, 4.69) is 13.8 Å². The summed E-state index contributed by atoms with van der Waals surface area (Å²) in [7, 11) is 0. The Hall–Kier alpha value is 0. The van der Waals surface area contributed by atoms with Gasteiger partial charge in [-0.1, -0.05) is 53.4 Å². The minimum absolute atomic E-state index is 1.05. The Morgan fingerprint density at radius 1 is 0.727 bits per heavy atom. The summed E-state index contributed by atoms with van der Waals surface area (Å²) in [5.41, 5.74) is 0. The molecule has 0 aliphatic heterocycles. The molecule has 0 amide bonds. The molecule has 11 heavy (non-hydrogen) atoms. The molecule has 0 aromatic rings. The van der Waals surface area contributed by atoms with E-state index in [0.717, 1.165) is 11.8 Å². The first kappa shape index (κ1) is 11.0. The van der Waals surface area contributed by atoms with Crippen molar-refractivity contribution >= 4 is 0 Å². The van der Waals surface area contributed by atoms with Gasteiger partial charge in [0.05, 0.1) is 0 Å². The van der Waals surface area contributed by atoms with Gasteiger partial charge in [-0.2, -0.15) is 0 Å². The summed E-state index contributed by atoms with van der Waals surface area (Å²) in [5.74, 6) is 2.10. The molecule has 2 saturated carbocycles. The molecule has 0 aromatic carbocycles. The number of hydrogen-bond acceptors (Lipinski definition) is 0. The molecule has 0 spiro atoms. The van der Waals surface area contributed by atoms with Crippen molar-refractivity contribution in [1.82, 2.24) is 0 Å². The molecule has 0 heterocycles. The normalized spacial score (nSPS) is 31.6. The van der Waals surface area contributed by atoms with Crippen molar-refractivity contribution in [3.63, 3.8) is 0 Å². The molecule has 0 heteroatoms. The maximum atomic E-state index is 2.30. The minimum atomic E-state index is 1.05. The van der Waals surface area contributed by atoms with E-state index in [9.17, 15) is 0 Å². The van der Waals surface area contributed by atoms with Crippen LogP contribution in [-0.2, 0) is 0 Å². The third-order valence-corrected chi connectivity index (χ3v) is 2.51. The molecule has 0 radical (unpaired) electrons. The van der Waals surface area contributed by atoms with E-state index in [1.165, 1.54) is 32.1 Å². The van der Waals surface area contributed by atoms with Crippen molar-refractivity contribution in [3.8, 4) is 0 Å². The van der Waals surface area contributed by atoms with E-state index in [1.807, 2.05) is 13.8 Å². The maximum absolute atomic E-state index is 2.30. The minimum Gasteiger partial charge on any atom is -0.0683 e. The van der Waals surface area contributed by atoms with Crippen LogP contribution in [0.5, 0.6) is 0 Å². The average Bonchev–Trinajstić information content (AvgIpc) is 2.46. The second-order valence-corrected chi connectivity index (χ2v) is 3.60. The quantitative estimate of drug-likeness (QED) is 0.492. The molecule has 2 aliphatic rings. The molecule has 68 valence electrons. The standard InChI is InChI=1S/C5H10.C4H8.C2H6/c1-4-3-5(4)2;1-2-4-3-1;1-2/h4-5H,3H2,1-2H3;1-4H2;1-2H3. The van der Waals surface area contributed by atoms with Crippen molar-refractivity contribution in [3.05, 3.63) is 0 Å². The van der Waals surface area contributed by atoms with Crippen molar-refractivity contribution in [2.45, 2.75) is 59.8 Å². The van der Waals surface area contributed by atoms with Gasteiger partial charge in [-0.15, -0.1) is 0 Å². The van der Waals surface area contributed by atoms with Gasteiger partial charge in [0, 0.05) is 0 Å². The summed E-state index contributed by atoms with van der Waals surface area (Å²) in [5, 5.41) is 0. The zero-order chi connectivity index (χ0) is 8.69. The Labute approximate surface area is 72.4 Å². The first-order valence-electron chi connectivity index (χ1n) is 5.30. The van der Waals surface area contributed by atoms with Crippen molar-refractivity contribution in [2.24, 2.45) is 11.8 Å². The molecular formula is C11H24. The summed E-state index contributed by atoms with van der Waals surface area (Å²) in [6, 6.07) is 0. The van der Waals surface area contributed by atoms with Crippen LogP contribution in [0, 0.1) is 11.8 Å². The Balaban J connectivity index is 0.000000152. The third kappa shape index (κ3) is 6.40. The SMILES string of the molecule is C1CCC1.CC.CC1CC1C. The van der Waals surface area contributed by atoms with Crippen LogP contribution in [0.25, 0.3) is 0 Å². The summed E-state index contributed by atoms with van der Waals surface area (Å²) in [4.78, 5) is 0. The van der Waals surface area contributed by atoms with Crippen molar-refractivity contribution < 1.29 is 0 Å². The predicted molar refractivity (Wildman–Crippen MR) is 52.8 cm³/mol. The first-order valence-corrected chi connectivity index (χ1v) is 5.30. The molecule has 2 rings (SSSR count). The van der Waals surface area contributed by atoms with Gasteiger partial charge < -0.3 is 0 Å². The molecule has 0 N–H and O–H groups in total. The van der Waals surface area contributed by atoms with Crippen LogP contribution in [0.2, 0.25) is 0 Å². The Morgan fingerprint density at radius 3 is 0.909 bits per heavy atom. The highest BCUT2D eigenvalue weighted by molar-refractivity contribution is 4.76. The summed E-state index contributed by atoms with van der Waals surface area (Å²) < 4.78 is 0. The predicted octanol–water partition coefficient (Wildman–Crippen LogP) is 4.25. The highest BCUT2D eigenvalue weighted by Crippen LogP contribution is 2.36. The molecule has 2 aliphatic carbocycles. The summed E-state index contributed by atoms with van der Waals surface area (Å²) >= 11 is 0. The van der Waals surface area contributed by atoms with Crippen LogP contribution in [0.4, 0.5) is 0 Å². The smallest absolute Gasteiger partial charge is 0.0414 e. The van der Waals surface area contributed by atoms with Crippen molar-refractivity contribution in [2.75, 3.05) is 0 Å². The lowest BCUT2D eigenvalue weighted by molar-refractivity contribution is 0.504. The fourth-order valence-electron chi connectivity index (χ4n) is 0.758. The van der Waals surface area contributed by atoms with Crippen LogP contribution in [-0.4, -0.2) is 0 Å².